The van der Waals surface area contributed by atoms with Gasteiger partial charge in [-0.25, -0.2) is 4.79 Å². The summed E-state index contributed by atoms with van der Waals surface area (Å²) < 4.78 is 39.5. The van der Waals surface area contributed by atoms with Crippen molar-refractivity contribution in [2.45, 2.75) is 11.3 Å². The van der Waals surface area contributed by atoms with E-state index in [1.807, 2.05) is 23.0 Å². The van der Waals surface area contributed by atoms with Crippen LogP contribution in [0.15, 0.2) is 46.0 Å². The molecule has 188 valence electrons. The molecular formula is C21H20BrF3N4O5S. The van der Waals surface area contributed by atoms with E-state index in [0.717, 1.165) is 37.7 Å². The number of aromatic nitrogens is 3. The molecule has 1 saturated heterocycles. The Morgan fingerprint density at radius 3 is 2.17 bits per heavy atom. The minimum atomic E-state index is -5.08. The first kappa shape index (κ1) is 26.6. The molecule has 14 heteroatoms. The summed E-state index contributed by atoms with van der Waals surface area (Å²) in [5.74, 6) is -2.35. The number of carboxylic acid groups (broad SMARTS) is 1. The number of aromatic hydroxyl groups is 2. The number of nitrogens with zero attached hydrogens (tertiary/aromatic N) is 4. The highest BCUT2D eigenvalue weighted by Gasteiger charge is 2.38. The number of alkyl halides is 3. The van der Waals surface area contributed by atoms with Gasteiger partial charge < -0.3 is 25.0 Å². The van der Waals surface area contributed by atoms with Crippen molar-refractivity contribution in [3.63, 3.8) is 0 Å². The molecule has 0 saturated carbocycles. The van der Waals surface area contributed by atoms with Crippen molar-refractivity contribution in [1.29, 1.82) is 0 Å². The van der Waals surface area contributed by atoms with Gasteiger partial charge in [-0.15, -0.1) is 10.2 Å². The molecule has 0 amide bonds. The van der Waals surface area contributed by atoms with Gasteiger partial charge in [-0.1, -0.05) is 11.8 Å². The van der Waals surface area contributed by atoms with E-state index in [-0.39, 0.29) is 11.5 Å². The Labute approximate surface area is 210 Å². The molecule has 0 spiro atoms. The lowest BCUT2D eigenvalue weighted by Gasteiger charge is -2.29. The Hall–Kier alpha value is -2.97. The van der Waals surface area contributed by atoms with Crippen molar-refractivity contribution in [3.05, 3.63) is 40.9 Å². The number of benzene rings is 2. The Kier molecular flexibility index (Phi) is 8.51. The first-order chi connectivity index (χ1) is 16.5. The van der Waals surface area contributed by atoms with Gasteiger partial charge in [0.15, 0.2) is 11.0 Å². The second-order valence-electron chi connectivity index (χ2n) is 7.09. The number of anilines is 1. The maximum atomic E-state index is 10.6. The summed E-state index contributed by atoms with van der Waals surface area (Å²) in [7, 11) is 0. The zero-order valence-electron chi connectivity index (χ0n) is 18.2. The first-order valence-electron chi connectivity index (χ1n) is 9.97. The molecule has 3 aromatic rings. The molecular weight excluding hydrogens is 557 g/mol. The van der Waals surface area contributed by atoms with E-state index < -0.39 is 12.1 Å². The minimum absolute atomic E-state index is 0.0349. The molecule has 1 aromatic heterocycles. The van der Waals surface area contributed by atoms with E-state index in [1.165, 1.54) is 17.8 Å². The lowest BCUT2D eigenvalue weighted by molar-refractivity contribution is -0.192. The fourth-order valence-corrected chi connectivity index (χ4v) is 4.01. The summed E-state index contributed by atoms with van der Waals surface area (Å²) >= 11 is 4.77. The molecule has 2 aromatic carbocycles. The summed E-state index contributed by atoms with van der Waals surface area (Å²) in [5, 5.41) is 36.5. The second kappa shape index (κ2) is 11.2. The highest BCUT2D eigenvalue weighted by atomic mass is 79.9. The molecule has 0 bridgehead atoms. The van der Waals surface area contributed by atoms with E-state index in [4.69, 9.17) is 14.6 Å². The summed E-state index contributed by atoms with van der Waals surface area (Å²) in [6.45, 7) is 3.23. The van der Waals surface area contributed by atoms with Gasteiger partial charge >= 0.3 is 12.1 Å². The SMILES string of the molecule is CSc1nnc(-c2cc(Br)c(O)cc2O)n1-c1ccc(N2CCOCC2)cc1.O=C(O)C(F)(F)F. The predicted octanol–water partition coefficient (Wildman–Crippen LogP) is 4.30. The van der Waals surface area contributed by atoms with E-state index in [0.29, 0.717) is 21.0 Å². The third-order valence-corrected chi connectivity index (χ3v) is 6.11. The molecule has 0 aliphatic carbocycles. The van der Waals surface area contributed by atoms with E-state index in [2.05, 4.69) is 43.2 Å². The van der Waals surface area contributed by atoms with Crippen LogP contribution in [0.4, 0.5) is 18.9 Å². The van der Waals surface area contributed by atoms with Crippen LogP contribution in [0.3, 0.4) is 0 Å². The highest BCUT2D eigenvalue weighted by molar-refractivity contribution is 9.10. The normalized spacial score (nSPS) is 13.8. The fourth-order valence-electron chi connectivity index (χ4n) is 3.17. The second-order valence-corrected chi connectivity index (χ2v) is 8.71. The Morgan fingerprint density at radius 2 is 1.63 bits per heavy atom. The highest BCUT2D eigenvalue weighted by Crippen LogP contribution is 2.38. The molecule has 4 rings (SSSR count). The van der Waals surface area contributed by atoms with E-state index in [1.54, 1.807) is 6.07 Å². The van der Waals surface area contributed by atoms with Crippen molar-refractivity contribution in [2.75, 3.05) is 37.5 Å². The van der Waals surface area contributed by atoms with Crippen LogP contribution in [0.25, 0.3) is 17.1 Å². The third kappa shape index (κ3) is 6.38. The molecule has 3 N–H and O–H groups in total. The molecule has 2 heterocycles. The average Bonchev–Trinajstić information content (AvgIpc) is 3.26. The smallest absolute Gasteiger partial charge is 0.490 e. The van der Waals surface area contributed by atoms with Crippen LogP contribution in [-0.2, 0) is 9.53 Å². The number of halogens is 4. The maximum Gasteiger partial charge on any atom is 0.490 e. The Morgan fingerprint density at radius 1 is 1.06 bits per heavy atom. The van der Waals surface area contributed by atoms with Crippen molar-refractivity contribution in [3.8, 4) is 28.6 Å². The lowest BCUT2D eigenvalue weighted by atomic mass is 10.1. The molecule has 0 radical (unpaired) electrons. The van der Waals surface area contributed by atoms with Crippen molar-refractivity contribution in [2.24, 2.45) is 0 Å². The van der Waals surface area contributed by atoms with Crippen molar-refractivity contribution < 1.29 is 38.0 Å². The van der Waals surface area contributed by atoms with Crippen LogP contribution in [0.2, 0.25) is 0 Å². The average molecular weight is 577 g/mol. The van der Waals surface area contributed by atoms with Gasteiger partial charge in [0.1, 0.15) is 11.5 Å². The fraction of sp³-hybridized carbons (Fsp3) is 0.286. The molecule has 35 heavy (non-hydrogen) atoms. The molecule has 1 aliphatic heterocycles. The zero-order valence-corrected chi connectivity index (χ0v) is 20.6. The van der Waals surface area contributed by atoms with E-state index >= 15 is 0 Å². The summed E-state index contributed by atoms with van der Waals surface area (Å²) in [6.07, 6.45) is -3.15. The molecule has 1 fully saturated rings. The van der Waals surface area contributed by atoms with Crippen LogP contribution in [0.1, 0.15) is 0 Å². The van der Waals surface area contributed by atoms with Crippen molar-refractivity contribution in [1.82, 2.24) is 14.8 Å². The van der Waals surface area contributed by atoms with Gasteiger partial charge in [-0.2, -0.15) is 13.2 Å². The number of ether oxygens (including phenoxy) is 1. The van der Waals surface area contributed by atoms with Gasteiger partial charge in [-0.3, -0.25) is 4.57 Å². The minimum Gasteiger partial charge on any atom is -0.507 e. The number of morpholine rings is 1. The summed E-state index contributed by atoms with van der Waals surface area (Å²) in [6, 6.07) is 11.1. The third-order valence-electron chi connectivity index (χ3n) is 4.85. The number of phenolic OH excluding ortho intramolecular Hbond substituents is 2. The van der Waals surface area contributed by atoms with Crippen LogP contribution < -0.4 is 4.90 Å². The molecule has 0 unspecified atom stereocenters. The monoisotopic (exact) mass is 576 g/mol. The van der Waals surface area contributed by atoms with Gasteiger partial charge in [-0.05, 0) is 52.5 Å². The number of phenols is 2. The largest absolute Gasteiger partial charge is 0.507 e. The lowest BCUT2D eigenvalue weighted by Crippen LogP contribution is -2.36. The van der Waals surface area contributed by atoms with Crippen LogP contribution in [0, 0.1) is 0 Å². The number of thioether (sulfide) groups is 1. The van der Waals surface area contributed by atoms with Crippen molar-refractivity contribution >= 4 is 39.3 Å². The van der Waals surface area contributed by atoms with Crippen LogP contribution >= 0.6 is 27.7 Å². The molecule has 1 aliphatic rings. The number of carbonyl (C=O) groups is 1. The number of hydrogen-bond donors (Lipinski definition) is 3. The Balaban J connectivity index is 0.000000429. The first-order valence-corrected chi connectivity index (χ1v) is 12.0. The Bertz CT molecular complexity index is 1180. The van der Waals surface area contributed by atoms with Gasteiger partial charge in [0.05, 0.1) is 23.2 Å². The van der Waals surface area contributed by atoms with Crippen LogP contribution in [0.5, 0.6) is 11.5 Å². The molecule has 9 nitrogen and oxygen atoms in total. The number of hydrogen-bond acceptors (Lipinski definition) is 8. The van der Waals surface area contributed by atoms with Gasteiger partial charge in [0.25, 0.3) is 0 Å². The van der Waals surface area contributed by atoms with Gasteiger partial charge in [0.2, 0.25) is 0 Å². The predicted molar refractivity (Wildman–Crippen MR) is 126 cm³/mol. The summed E-state index contributed by atoms with van der Waals surface area (Å²) in [4.78, 5) is 11.2. The zero-order chi connectivity index (χ0) is 25.8. The molecule has 0 atom stereocenters. The topological polar surface area (TPSA) is 121 Å². The van der Waals surface area contributed by atoms with Crippen LogP contribution in [-0.4, -0.2) is 74.8 Å². The number of rotatable bonds is 4. The standard InChI is InChI=1S/C19H19BrN4O3S.C2HF3O2/c1-28-19-22-21-18(14-10-15(20)17(26)11-16(14)25)24(19)13-4-2-12(3-5-13)23-6-8-27-9-7-23;3-2(4,5)1(6)7/h2-5,10-11,25-26H,6-9H2,1H3;(H,6,7). The summed E-state index contributed by atoms with van der Waals surface area (Å²) in [5.41, 5.74) is 2.52. The van der Waals surface area contributed by atoms with Gasteiger partial charge in [0, 0.05) is 30.5 Å². The quantitative estimate of drug-likeness (QED) is 0.390. The van der Waals surface area contributed by atoms with E-state index in [9.17, 15) is 23.4 Å². The maximum absolute atomic E-state index is 10.6. The number of carboxylic acids is 1. The number of aliphatic carboxylic acids is 1.